The minimum absolute atomic E-state index is 0.000876. The van der Waals surface area contributed by atoms with E-state index in [9.17, 15) is 52.9 Å². The molecule has 0 spiro atoms. The van der Waals surface area contributed by atoms with E-state index in [2.05, 4.69) is 52.8 Å². The lowest BCUT2D eigenvalue weighted by atomic mass is 9.98. The number of para-hydroxylation sites is 1. The Bertz CT molecular complexity index is 5190. The van der Waals surface area contributed by atoms with Crippen molar-refractivity contribution in [3.63, 3.8) is 0 Å². The Balaban J connectivity index is 1.14. The van der Waals surface area contributed by atoms with Crippen LogP contribution in [0.5, 0.6) is 5.75 Å². The molecule has 1 aromatic heterocycles. The Morgan fingerprint density at radius 3 is 1.75 bits per heavy atom. The number of fused-ring (bicyclic) bond motifs is 3. The maximum atomic E-state index is 15.7. The highest BCUT2D eigenvalue weighted by molar-refractivity contribution is 8.00. The Hall–Kier alpha value is -13.1. The number of primary amides is 1. The van der Waals surface area contributed by atoms with E-state index in [-0.39, 0.29) is 101 Å². The van der Waals surface area contributed by atoms with Crippen molar-refractivity contribution in [2.75, 3.05) is 58.8 Å². The number of aliphatic carboxylic acids is 1. The van der Waals surface area contributed by atoms with E-state index in [4.69, 9.17) is 11.5 Å². The van der Waals surface area contributed by atoms with E-state index in [0.29, 0.717) is 57.9 Å². The Morgan fingerprint density at radius 2 is 1.11 bits per heavy atom. The van der Waals surface area contributed by atoms with Gasteiger partial charge in [0.05, 0.1) is 24.8 Å². The number of benzene rings is 5. The fourth-order valence-electron chi connectivity index (χ4n) is 16.5. The van der Waals surface area contributed by atoms with Crippen LogP contribution in [0.2, 0.25) is 0 Å². The lowest BCUT2D eigenvalue weighted by molar-refractivity contribution is -0.152. The zero-order valence-electron chi connectivity index (χ0n) is 75.8. The molecule has 9 rings (SSSR count). The summed E-state index contributed by atoms with van der Waals surface area (Å²) < 4.78 is 59.8. The number of carbonyl (C=O) groups is 16. The first-order chi connectivity index (χ1) is 63.6. The number of hydrogen-bond acceptors (Lipinski definition) is 20. The van der Waals surface area contributed by atoms with Gasteiger partial charge >= 0.3 is 5.97 Å². The van der Waals surface area contributed by atoms with E-state index in [1.165, 1.54) is 69.2 Å². The SMILES string of the molecule is CCCC[C@H]1C(=O)N2C[C@@H](O)C[C@@H]2C(=O)N[C@@H](CC(=O)O)C(=O)N[C@@H](C(C)C)C(=O)N(C)[C@H](Cc2ccc(F)cc2)C(=O)N[C@@H](CCCN)C(=O)N2CCC[C@@H]2C(=O)N[C@@H](Cc2c[nH]c3ccccc23)C(=O)N[C@@H](Cc2ccc(O)cc2)C(=O)N[C@H](CC(C)C)C(=O)N[C@H](C(=O)NCC(N)=O)CSCC(=O)N[C@H](Cc2cc(F)c(F)c(F)c2)C(=O)N(C)[C@@H](Cc2ccccc2)C(=O)N1C. The number of aromatic amines is 1. The van der Waals surface area contributed by atoms with Gasteiger partial charge in [0.25, 0.3) is 0 Å². The summed E-state index contributed by atoms with van der Waals surface area (Å²) in [6.07, 6.45) is -3.19. The summed E-state index contributed by atoms with van der Waals surface area (Å²) in [5, 5.41) is 56.2. The first kappa shape index (κ1) is 105. The van der Waals surface area contributed by atoms with Crippen LogP contribution in [0, 0.1) is 35.1 Å². The highest BCUT2D eigenvalue weighted by Crippen LogP contribution is 2.29. The van der Waals surface area contributed by atoms with Crippen molar-refractivity contribution in [1.82, 2.24) is 77.3 Å². The smallest absolute Gasteiger partial charge is 0.305 e. The molecule has 17 N–H and O–H groups in total. The van der Waals surface area contributed by atoms with Crippen molar-refractivity contribution in [3.8, 4) is 5.75 Å². The first-order valence-electron chi connectivity index (χ1n) is 44.5. The van der Waals surface area contributed by atoms with Gasteiger partial charge < -0.3 is 104 Å². The van der Waals surface area contributed by atoms with Gasteiger partial charge in [-0.25, -0.2) is 17.6 Å². The van der Waals surface area contributed by atoms with Gasteiger partial charge in [0.1, 0.15) is 90.1 Å². The van der Waals surface area contributed by atoms with Crippen molar-refractivity contribution in [1.29, 1.82) is 0 Å². The number of aromatic hydroxyl groups is 1. The number of nitrogens with zero attached hydrogens (tertiary/aromatic N) is 5. The number of carbonyl (C=O) groups excluding carboxylic acids is 15. The molecule has 0 unspecified atom stereocenters. The monoisotopic (exact) mass is 1890 g/mol. The largest absolute Gasteiger partial charge is 0.508 e. The Kier molecular flexibility index (Phi) is 38.3. The molecule has 724 valence electrons. The van der Waals surface area contributed by atoms with Crippen LogP contribution in [0.4, 0.5) is 17.6 Å². The first-order valence-corrected chi connectivity index (χ1v) is 45.6. The molecule has 3 aliphatic heterocycles. The number of amides is 15. The molecule has 4 heterocycles. The number of carboxylic acids is 1. The summed E-state index contributed by atoms with van der Waals surface area (Å²) >= 11 is 0.659. The summed E-state index contributed by atoms with van der Waals surface area (Å²) in [5.41, 5.74) is 13.3. The number of aliphatic hydroxyl groups excluding tert-OH is 1. The molecule has 6 aromatic rings. The van der Waals surface area contributed by atoms with E-state index in [0.717, 1.165) is 38.8 Å². The third-order valence-electron chi connectivity index (χ3n) is 23.8. The average Bonchev–Trinajstić information content (AvgIpc) is 1.53. The quantitative estimate of drug-likeness (QED) is 0.0303. The topological polar surface area (TPSA) is 526 Å². The van der Waals surface area contributed by atoms with Crippen LogP contribution in [-0.2, 0) is 109 Å². The number of thioether (sulfide) groups is 1. The number of rotatable bonds is 24. The standard InChI is InChI=1S/C93H119F4N17O19S/c1-9-10-23-72-92(132)114-47-59(116)43-74(114)88(128)107-68(44-78(119)120)85(125)109-80(51(4)5)93(133)111(7)73(40-54-25-29-57(94)30-26-54)87(127)103-64(22-16-33-98)90(130)113-34-17-24-71(113)86(126)106-67(42-56-45-100-63-21-15-14-20-60(56)63)84(124)105-66(38-53-27-31-58(115)32-28-53)83(123)104-65(35-50(2)3)82(122)108-70(81(121)101-46-76(99)117)48-134-49-77(118)102-69(39-55-36-61(95)79(97)62(96)37-55)89(129)112(8)75(91(131)110(72)6)41-52-18-12-11-13-19-52/h11-15,18-21,25-32,36-37,45,50-51,59,64-75,80,100,115-116H,9-10,16-17,22-24,33-35,38-44,46-49,98H2,1-8H3,(H2,99,117)(H,101,121)(H,102,118)(H,103,127)(H,104,123)(H,105,124)(H,106,126)(H,107,128)(H,108,122)(H,109,125)(H,119,120)/t59-,64-,65+,66-,67-,68-,69+,70-,71+,72-,73+,74+,75-,80-/m0/s1. The number of phenols is 1. The second kappa shape index (κ2) is 49.1. The molecule has 0 aliphatic carbocycles. The van der Waals surface area contributed by atoms with Crippen LogP contribution in [0.1, 0.15) is 127 Å². The number of likely N-dealkylation sites (N-methyl/N-ethyl adjacent to an activating group) is 3. The number of aromatic nitrogens is 1. The van der Waals surface area contributed by atoms with E-state index in [1.54, 1.807) is 81.6 Å². The fraction of sp³-hybridized carbons (Fsp3) is 0.484. The predicted octanol–water partition coefficient (Wildman–Crippen LogP) is 1.71. The molecule has 36 nitrogen and oxygen atoms in total. The van der Waals surface area contributed by atoms with Gasteiger partial charge in [-0.2, -0.15) is 0 Å². The number of hydrogen-bond donors (Lipinski definition) is 15. The summed E-state index contributed by atoms with van der Waals surface area (Å²) in [7, 11) is 3.59. The summed E-state index contributed by atoms with van der Waals surface area (Å²) in [4.78, 5) is 246. The summed E-state index contributed by atoms with van der Waals surface area (Å²) in [5.74, 6) is -25.5. The van der Waals surface area contributed by atoms with Gasteiger partial charge in [0.15, 0.2) is 17.5 Å². The maximum absolute atomic E-state index is 15.7. The second-order valence-electron chi connectivity index (χ2n) is 34.7. The molecule has 3 saturated heterocycles. The van der Waals surface area contributed by atoms with Crippen LogP contribution in [0.25, 0.3) is 10.9 Å². The molecule has 134 heavy (non-hydrogen) atoms. The van der Waals surface area contributed by atoms with Gasteiger partial charge in [-0.1, -0.05) is 120 Å². The molecule has 41 heteroatoms. The van der Waals surface area contributed by atoms with Gasteiger partial charge in [-0.3, -0.25) is 76.7 Å². The molecule has 0 radical (unpaired) electrons. The molecule has 3 aliphatic rings. The Labute approximate surface area is 776 Å². The average molecular weight is 1890 g/mol. The molecule has 14 atom stereocenters. The molecule has 0 bridgehead atoms. The predicted molar refractivity (Wildman–Crippen MR) is 484 cm³/mol. The number of H-pyrrole nitrogens is 1. The normalized spacial score (nSPS) is 24.1. The van der Waals surface area contributed by atoms with Crippen molar-refractivity contribution in [3.05, 3.63) is 173 Å². The van der Waals surface area contributed by atoms with Crippen molar-refractivity contribution in [2.24, 2.45) is 23.3 Å². The lowest BCUT2D eigenvalue weighted by Gasteiger charge is -2.38. The van der Waals surface area contributed by atoms with Gasteiger partial charge in [-0.15, -0.1) is 11.8 Å². The number of nitrogens with two attached hydrogens (primary N) is 2. The third kappa shape index (κ3) is 28.7. The van der Waals surface area contributed by atoms with E-state index in [1.807, 2.05) is 0 Å². The van der Waals surface area contributed by atoms with Gasteiger partial charge in [0.2, 0.25) is 88.6 Å². The molecule has 3 fully saturated rings. The molecular formula is C93H119F4N17O19S. The number of unbranched alkanes of at least 4 members (excludes halogenated alkanes) is 1. The lowest BCUT2D eigenvalue weighted by Crippen LogP contribution is -2.62. The zero-order chi connectivity index (χ0) is 98.1. The van der Waals surface area contributed by atoms with Crippen molar-refractivity contribution < 1.29 is 110 Å². The number of halogens is 4. The zero-order valence-corrected chi connectivity index (χ0v) is 76.6. The highest BCUT2D eigenvalue weighted by atomic mass is 32.2. The molecule has 5 aromatic carbocycles. The van der Waals surface area contributed by atoms with Gasteiger partial charge in [0, 0.05) is 95.6 Å². The second-order valence-corrected chi connectivity index (χ2v) is 35.8. The van der Waals surface area contributed by atoms with Crippen LogP contribution in [0.3, 0.4) is 0 Å². The molecular weight excluding hydrogens is 1770 g/mol. The summed E-state index contributed by atoms with van der Waals surface area (Å²) in [6.45, 7) is 6.72. The van der Waals surface area contributed by atoms with E-state index < -0.39 is 258 Å². The van der Waals surface area contributed by atoms with Crippen LogP contribution < -0.4 is 59.3 Å². The van der Waals surface area contributed by atoms with Crippen LogP contribution in [-0.4, -0.2) is 283 Å². The Morgan fingerprint density at radius 1 is 0.552 bits per heavy atom. The highest BCUT2D eigenvalue weighted by Gasteiger charge is 2.48. The fourth-order valence-corrected chi connectivity index (χ4v) is 17.4. The van der Waals surface area contributed by atoms with Crippen LogP contribution in [0.15, 0.2) is 121 Å². The minimum atomic E-state index is -2.05. The minimum Gasteiger partial charge on any atom is -0.508 e. The number of aliphatic hydroxyl groups is 1. The molecule has 0 saturated carbocycles. The van der Waals surface area contributed by atoms with Crippen molar-refractivity contribution >= 4 is 117 Å². The van der Waals surface area contributed by atoms with Crippen molar-refractivity contribution in [2.45, 2.75) is 216 Å². The number of nitrogens with one attached hydrogen (secondary N) is 10. The van der Waals surface area contributed by atoms with Gasteiger partial charge in [-0.05, 0) is 127 Å². The third-order valence-corrected chi connectivity index (χ3v) is 24.8. The maximum Gasteiger partial charge on any atom is 0.305 e. The van der Waals surface area contributed by atoms with E-state index >= 15 is 56.7 Å². The van der Waals surface area contributed by atoms with Crippen LogP contribution >= 0.6 is 11.8 Å². The number of carboxylic acid groups (broad SMARTS) is 1. The summed E-state index contributed by atoms with van der Waals surface area (Å²) in [6, 6.07) is 5.10. The molecule has 15 amide bonds. The number of phenolic OH excluding ortho intramolecular Hbond substituents is 1.